The number of hydrogen-bond acceptors (Lipinski definition) is 3. The van der Waals surface area contributed by atoms with E-state index in [0.717, 1.165) is 18.4 Å². The number of ether oxygens (including phenoxy) is 2. The van der Waals surface area contributed by atoms with Gasteiger partial charge in [-0.25, -0.2) is 4.79 Å². The fraction of sp³-hybridized carbons (Fsp3) is 0.417. The molecule has 0 N–H and O–H groups in total. The van der Waals surface area contributed by atoms with Crippen molar-refractivity contribution in [3.05, 3.63) is 29.3 Å². The molecule has 1 aromatic carbocycles. The fourth-order valence-electron chi connectivity index (χ4n) is 1.45. The Balaban J connectivity index is 3.05. The van der Waals surface area contributed by atoms with Crippen molar-refractivity contribution in [2.75, 3.05) is 14.2 Å². The molecule has 15 heavy (non-hydrogen) atoms. The smallest absolute Gasteiger partial charge is 0.337 e. The summed E-state index contributed by atoms with van der Waals surface area (Å²) in [5, 5.41) is 0. The topological polar surface area (TPSA) is 35.5 Å². The lowest BCUT2D eigenvalue weighted by Crippen LogP contribution is -2.02. The molecule has 1 aromatic rings. The van der Waals surface area contributed by atoms with Crippen molar-refractivity contribution in [1.82, 2.24) is 0 Å². The van der Waals surface area contributed by atoms with Crippen LogP contribution in [0, 0.1) is 0 Å². The number of methoxy groups -OCH3 is 2. The first-order chi connectivity index (χ1) is 7.21. The molecule has 0 fully saturated rings. The minimum Gasteiger partial charge on any atom is -0.497 e. The molecule has 0 saturated carbocycles. The van der Waals surface area contributed by atoms with Crippen molar-refractivity contribution in [2.45, 2.75) is 19.8 Å². The standard InChI is InChI=1S/C12H16O3/c1-4-5-9-6-10(12(13)15-3)8-11(7-9)14-2/h6-8H,4-5H2,1-3H3. The van der Waals surface area contributed by atoms with Gasteiger partial charge in [-0.15, -0.1) is 0 Å². The summed E-state index contributed by atoms with van der Waals surface area (Å²) >= 11 is 0. The third-order valence-electron chi connectivity index (χ3n) is 2.16. The van der Waals surface area contributed by atoms with Gasteiger partial charge in [-0.05, 0) is 30.2 Å². The molecule has 0 amide bonds. The predicted molar refractivity (Wildman–Crippen MR) is 58.3 cm³/mol. The van der Waals surface area contributed by atoms with Gasteiger partial charge in [0.05, 0.1) is 19.8 Å². The van der Waals surface area contributed by atoms with E-state index >= 15 is 0 Å². The number of rotatable bonds is 4. The Bertz CT molecular complexity index is 345. The lowest BCUT2D eigenvalue weighted by atomic mass is 10.1. The monoisotopic (exact) mass is 208 g/mol. The number of benzene rings is 1. The molecule has 0 bridgehead atoms. The van der Waals surface area contributed by atoms with E-state index in [9.17, 15) is 4.79 Å². The lowest BCUT2D eigenvalue weighted by Gasteiger charge is -2.07. The highest BCUT2D eigenvalue weighted by molar-refractivity contribution is 5.90. The van der Waals surface area contributed by atoms with Crippen LogP contribution in [0.4, 0.5) is 0 Å². The van der Waals surface area contributed by atoms with Gasteiger partial charge >= 0.3 is 5.97 Å². The fourth-order valence-corrected chi connectivity index (χ4v) is 1.45. The molecule has 0 unspecified atom stereocenters. The van der Waals surface area contributed by atoms with E-state index in [4.69, 9.17) is 4.74 Å². The van der Waals surface area contributed by atoms with E-state index in [1.165, 1.54) is 7.11 Å². The van der Waals surface area contributed by atoms with E-state index in [-0.39, 0.29) is 5.97 Å². The van der Waals surface area contributed by atoms with Crippen LogP contribution >= 0.6 is 0 Å². The zero-order valence-corrected chi connectivity index (χ0v) is 9.37. The minimum absolute atomic E-state index is 0.328. The van der Waals surface area contributed by atoms with E-state index in [2.05, 4.69) is 11.7 Å². The Hall–Kier alpha value is -1.51. The molecule has 1 rings (SSSR count). The third-order valence-corrected chi connectivity index (χ3v) is 2.16. The van der Waals surface area contributed by atoms with Crippen molar-refractivity contribution < 1.29 is 14.3 Å². The van der Waals surface area contributed by atoms with Gasteiger partial charge in [-0.1, -0.05) is 13.3 Å². The molecule has 0 aliphatic heterocycles. The molecule has 0 radical (unpaired) electrons. The Labute approximate surface area is 90.0 Å². The predicted octanol–water partition coefficient (Wildman–Crippen LogP) is 2.43. The summed E-state index contributed by atoms with van der Waals surface area (Å²) in [6.07, 6.45) is 1.97. The van der Waals surface area contributed by atoms with Crippen LogP contribution in [0.5, 0.6) is 5.75 Å². The molecule has 3 heteroatoms. The highest BCUT2D eigenvalue weighted by Crippen LogP contribution is 2.18. The molecular weight excluding hydrogens is 192 g/mol. The van der Waals surface area contributed by atoms with E-state index < -0.39 is 0 Å². The molecule has 82 valence electrons. The summed E-state index contributed by atoms with van der Waals surface area (Å²) < 4.78 is 9.80. The van der Waals surface area contributed by atoms with Crippen molar-refractivity contribution in [2.24, 2.45) is 0 Å². The normalized spacial score (nSPS) is 9.80. The van der Waals surface area contributed by atoms with Crippen LogP contribution in [-0.2, 0) is 11.2 Å². The number of hydrogen-bond donors (Lipinski definition) is 0. The van der Waals surface area contributed by atoms with Gasteiger partial charge in [-0.2, -0.15) is 0 Å². The second-order valence-electron chi connectivity index (χ2n) is 3.31. The maximum absolute atomic E-state index is 11.4. The maximum atomic E-state index is 11.4. The van der Waals surface area contributed by atoms with Gasteiger partial charge in [0.15, 0.2) is 0 Å². The zero-order chi connectivity index (χ0) is 11.3. The average molecular weight is 208 g/mol. The van der Waals surface area contributed by atoms with Crippen LogP contribution in [0.2, 0.25) is 0 Å². The summed E-state index contributed by atoms with van der Waals surface area (Å²) in [7, 11) is 2.97. The molecule has 0 atom stereocenters. The quantitative estimate of drug-likeness (QED) is 0.713. The molecule has 0 saturated heterocycles. The summed E-state index contributed by atoms with van der Waals surface area (Å²) in [6.45, 7) is 2.09. The molecular formula is C12H16O3. The largest absolute Gasteiger partial charge is 0.497 e. The Kier molecular flexibility index (Phi) is 4.16. The summed E-state index contributed by atoms with van der Waals surface area (Å²) in [4.78, 5) is 11.4. The molecule has 3 nitrogen and oxygen atoms in total. The molecule has 0 aromatic heterocycles. The van der Waals surface area contributed by atoms with Crippen molar-refractivity contribution >= 4 is 5.97 Å². The Morgan fingerprint density at radius 3 is 2.53 bits per heavy atom. The van der Waals surface area contributed by atoms with E-state index in [1.807, 2.05) is 12.1 Å². The molecule has 0 spiro atoms. The van der Waals surface area contributed by atoms with Crippen molar-refractivity contribution in [1.29, 1.82) is 0 Å². The van der Waals surface area contributed by atoms with Gasteiger partial charge in [0.1, 0.15) is 5.75 Å². The lowest BCUT2D eigenvalue weighted by molar-refractivity contribution is 0.0600. The van der Waals surface area contributed by atoms with Gasteiger partial charge in [0, 0.05) is 0 Å². The van der Waals surface area contributed by atoms with Gasteiger partial charge < -0.3 is 9.47 Å². The molecule has 0 aliphatic carbocycles. The van der Waals surface area contributed by atoms with Crippen LogP contribution in [0.15, 0.2) is 18.2 Å². The molecule has 0 heterocycles. The first-order valence-corrected chi connectivity index (χ1v) is 4.97. The first kappa shape index (κ1) is 11.6. The van der Waals surface area contributed by atoms with Crippen LogP contribution < -0.4 is 4.74 Å². The zero-order valence-electron chi connectivity index (χ0n) is 9.37. The summed E-state index contributed by atoms with van der Waals surface area (Å²) in [5.74, 6) is 0.368. The van der Waals surface area contributed by atoms with E-state index in [1.54, 1.807) is 13.2 Å². The number of aryl methyl sites for hydroxylation is 1. The van der Waals surface area contributed by atoms with Crippen LogP contribution in [0.3, 0.4) is 0 Å². The second kappa shape index (κ2) is 5.39. The third kappa shape index (κ3) is 2.98. The van der Waals surface area contributed by atoms with E-state index in [0.29, 0.717) is 11.3 Å². The van der Waals surface area contributed by atoms with Gasteiger partial charge in [0.25, 0.3) is 0 Å². The number of carbonyl (C=O) groups excluding carboxylic acids is 1. The van der Waals surface area contributed by atoms with Gasteiger partial charge in [-0.3, -0.25) is 0 Å². The Morgan fingerprint density at radius 1 is 1.27 bits per heavy atom. The van der Waals surface area contributed by atoms with Crippen molar-refractivity contribution in [3.63, 3.8) is 0 Å². The minimum atomic E-state index is -0.328. The second-order valence-corrected chi connectivity index (χ2v) is 3.31. The average Bonchev–Trinajstić information content (AvgIpc) is 2.28. The van der Waals surface area contributed by atoms with Crippen LogP contribution in [0.25, 0.3) is 0 Å². The highest BCUT2D eigenvalue weighted by Gasteiger charge is 2.08. The van der Waals surface area contributed by atoms with Gasteiger partial charge in [0.2, 0.25) is 0 Å². The SMILES string of the molecule is CCCc1cc(OC)cc(C(=O)OC)c1. The van der Waals surface area contributed by atoms with Crippen LogP contribution in [0.1, 0.15) is 29.3 Å². The number of carbonyl (C=O) groups is 1. The van der Waals surface area contributed by atoms with Crippen molar-refractivity contribution in [3.8, 4) is 5.75 Å². The molecule has 0 aliphatic rings. The summed E-state index contributed by atoms with van der Waals surface area (Å²) in [5.41, 5.74) is 1.64. The Morgan fingerprint density at radius 2 is 2.00 bits per heavy atom. The van der Waals surface area contributed by atoms with Crippen LogP contribution in [-0.4, -0.2) is 20.2 Å². The maximum Gasteiger partial charge on any atom is 0.337 e. The summed E-state index contributed by atoms with van der Waals surface area (Å²) in [6, 6.07) is 5.47. The first-order valence-electron chi connectivity index (χ1n) is 4.97. The number of esters is 1. The highest BCUT2D eigenvalue weighted by atomic mass is 16.5.